The van der Waals surface area contributed by atoms with Crippen molar-refractivity contribution in [2.24, 2.45) is 10.4 Å². The third-order valence-electron chi connectivity index (χ3n) is 2.57. The van der Waals surface area contributed by atoms with Gasteiger partial charge < -0.3 is 0 Å². The molecule has 19 heavy (non-hydrogen) atoms. The van der Waals surface area contributed by atoms with E-state index in [4.69, 9.17) is 11.1 Å². The van der Waals surface area contributed by atoms with E-state index in [-0.39, 0.29) is 0 Å². The Balaban J connectivity index is 2.75. The molecule has 0 aliphatic carbocycles. The van der Waals surface area contributed by atoms with Crippen molar-refractivity contribution in [3.05, 3.63) is 81.5 Å². The number of benzene rings is 2. The Bertz CT molecular complexity index is 581. The fraction of sp³-hybridized carbons (Fsp3) is 0. The molecule has 0 saturated carbocycles. The molecule has 0 bridgehead atoms. The summed E-state index contributed by atoms with van der Waals surface area (Å²) in [7, 11) is 0. The van der Waals surface area contributed by atoms with Crippen molar-refractivity contribution < 1.29 is 0 Å². The van der Waals surface area contributed by atoms with E-state index in [1.807, 2.05) is 12.1 Å². The van der Waals surface area contributed by atoms with Crippen LogP contribution in [0, 0.1) is 0 Å². The van der Waals surface area contributed by atoms with Gasteiger partial charge in [-0.3, -0.25) is 0 Å². The number of nitrogens with zero attached hydrogens (tertiary/aromatic N) is 7. The third kappa shape index (κ3) is 2.34. The Morgan fingerprint density at radius 2 is 1.05 bits per heavy atom. The molecule has 0 aromatic heterocycles. The minimum atomic E-state index is -0.616. The summed E-state index contributed by atoms with van der Waals surface area (Å²) in [5.41, 5.74) is 18.7. The van der Waals surface area contributed by atoms with Gasteiger partial charge in [0.25, 0.3) is 0 Å². The first-order valence-corrected chi connectivity index (χ1v) is 5.47. The Hall–Kier alpha value is -2.98. The van der Waals surface area contributed by atoms with Crippen LogP contribution in [0.5, 0.6) is 0 Å². The lowest BCUT2D eigenvalue weighted by molar-refractivity contribution is 0.413. The van der Waals surface area contributed by atoms with Gasteiger partial charge in [0, 0.05) is 35.3 Å². The molecule has 2 aromatic rings. The first-order chi connectivity index (χ1) is 9.33. The molecule has 2 rings (SSSR count). The molecule has 0 saturated heterocycles. The maximum atomic E-state index is 8.81. The maximum Gasteiger partial charge on any atom is 0.169 e. The van der Waals surface area contributed by atoms with Gasteiger partial charge in [-0.05, 0) is 4.70 Å². The summed E-state index contributed by atoms with van der Waals surface area (Å²) < 4.78 is -0.616. The standard InChI is InChI=1S/C12H10N7/c13-15-17-19(18-16-14,11-7-3-1-4-8-11)12-9-5-2-6-10-12/h1-10H/q+1. The molecular formula is C12H10N7+. The number of rotatable bonds is 4. The van der Waals surface area contributed by atoms with Gasteiger partial charge in [0.05, 0.1) is 9.82 Å². The summed E-state index contributed by atoms with van der Waals surface area (Å²) in [6.07, 6.45) is 0. The van der Waals surface area contributed by atoms with Crippen LogP contribution in [0.4, 0.5) is 11.4 Å². The number of quaternary nitrogens is 1. The highest BCUT2D eigenvalue weighted by molar-refractivity contribution is 5.56. The molecule has 0 aliphatic rings. The Morgan fingerprint density at radius 3 is 1.37 bits per heavy atom. The van der Waals surface area contributed by atoms with E-state index in [1.165, 1.54) is 0 Å². The number of azide groups is 1. The zero-order valence-electron chi connectivity index (χ0n) is 9.90. The van der Waals surface area contributed by atoms with Crippen molar-refractivity contribution in [1.82, 2.24) is 4.70 Å². The van der Waals surface area contributed by atoms with Crippen LogP contribution in [-0.2, 0) is 0 Å². The zero-order valence-corrected chi connectivity index (χ0v) is 9.90. The van der Waals surface area contributed by atoms with Crippen LogP contribution in [-0.4, -0.2) is 0 Å². The first-order valence-electron chi connectivity index (χ1n) is 5.47. The Morgan fingerprint density at radius 1 is 0.684 bits per heavy atom. The molecule has 2 aromatic carbocycles. The van der Waals surface area contributed by atoms with Crippen molar-refractivity contribution in [2.45, 2.75) is 0 Å². The van der Waals surface area contributed by atoms with Crippen molar-refractivity contribution in [2.75, 3.05) is 0 Å². The van der Waals surface area contributed by atoms with E-state index < -0.39 is 4.70 Å². The van der Waals surface area contributed by atoms with Crippen LogP contribution in [0.1, 0.15) is 0 Å². The van der Waals surface area contributed by atoms with Gasteiger partial charge in [0.1, 0.15) is 10.4 Å². The first kappa shape index (κ1) is 12.5. The SMILES string of the molecule is [N-]=[N+]=N[N+](N=[N+]=[N-])(c1ccccc1)c1ccccc1. The van der Waals surface area contributed by atoms with Gasteiger partial charge in [-0.1, -0.05) is 36.4 Å². The predicted octanol–water partition coefficient (Wildman–Crippen LogP) is 4.78. The molecule has 0 fully saturated rings. The average Bonchev–Trinajstić information content (AvgIpc) is 2.49. The molecule has 0 radical (unpaired) electrons. The van der Waals surface area contributed by atoms with Gasteiger partial charge in [0.2, 0.25) is 0 Å². The van der Waals surface area contributed by atoms with Crippen LogP contribution < -0.4 is 4.70 Å². The molecule has 0 aliphatic heterocycles. The summed E-state index contributed by atoms with van der Waals surface area (Å²) >= 11 is 0. The van der Waals surface area contributed by atoms with Crippen LogP contribution in [0.3, 0.4) is 0 Å². The fourth-order valence-electron chi connectivity index (χ4n) is 1.76. The Labute approximate surface area is 109 Å². The minimum Gasteiger partial charge on any atom is -0.0618 e. The quantitative estimate of drug-likeness (QED) is 0.246. The third-order valence-corrected chi connectivity index (χ3v) is 2.57. The zero-order chi connectivity index (χ0) is 13.6. The van der Waals surface area contributed by atoms with Crippen LogP contribution in [0.2, 0.25) is 0 Å². The summed E-state index contributed by atoms with van der Waals surface area (Å²) in [5, 5.41) is 7.37. The smallest absolute Gasteiger partial charge is 0.0618 e. The molecule has 0 heterocycles. The van der Waals surface area contributed by atoms with E-state index >= 15 is 0 Å². The highest BCUT2D eigenvalue weighted by atomic mass is 15.9. The second-order valence-corrected chi connectivity index (χ2v) is 3.63. The second-order valence-electron chi connectivity index (χ2n) is 3.63. The van der Waals surface area contributed by atoms with Gasteiger partial charge in [-0.25, -0.2) is 0 Å². The van der Waals surface area contributed by atoms with Gasteiger partial charge >= 0.3 is 0 Å². The fourth-order valence-corrected chi connectivity index (χ4v) is 1.76. The van der Waals surface area contributed by atoms with Gasteiger partial charge in [-0.2, -0.15) is 0 Å². The highest BCUT2D eigenvalue weighted by Gasteiger charge is 2.34. The molecule has 0 spiro atoms. The number of hydrogen-bond acceptors (Lipinski definition) is 2. The van der Waals surface area contributed by atoms with Crippen LogP contribution >= 0.6 is 0 Å². The van der Waals surface area contributed by atoms with Crippen molar-refractivity contribution in [1.29, 1.82) is 0 Å². The summed E-state index contributed by atoms with van der Waals surface area (Å²) in [5.74, 6) is 0. The highest BCUT2D eigenvalue weighted by Crippen LogP contribution is 2.36. The number of para-hydroxylation sites is 2. The summed E-state index contributed by atoms with van der Waals surface area (Å²) in [6.45, 7) is 0. The normalized spacial score (nSPS) is 10.1. The number of hydrogen-bond donors (Lipinski definition) is 0. The average molecular weight is 252 g/mol. The lowest BCUT2D eigenvalue weighted by atomic mass is 10.2. The molecule has 7 nitrogen and oxygen atoms in total. The minimum absolute atomic E-state index is 0.560. The van der Waals surface area contributed by atoms with E-state index in [2.05, 4.69) is 20.3 Å². The van der Waals surface area contributed by atoms with Crippen LogP contribution in [0.15, 0.2) is 71.1 Å². The molecular weight excluding hydrogens is 242 g/mol. The molecule has 92 valence electrons. The second kappa shape index (κ2) is 5.57. The topological polar surface area (TPSA) is 97.5 Å². The largest absolute Gasteiger partial charge is 0.169 e. The lowest BCUT2D eigenvalue weighted by Gasteiger charge is -2.21. The summed E-state index contributed by atoms with van der Waals surface area (Å²) in [6, 6.07) is 17.7. The van der Waals surface area contributed by atoms with E-state index in [1.54, 1.807) is 48.5 Å². The van der Waals surface area contributed by atoms with Crippen molar-refractivity contribution in [3.63, 3.8) is 0 Å². The van der Waals surface area contributed by atoms with E-state index in [9.17, 15) is 0 Å². The lowest BCUT2D eigenvalue weighted by Crippen LogP contribution is -2.30. The van der Waals surface area contributed by atoms with Crippen molar-refractivity contribution in [3.8, 4) is 0 Å². The van der Waals surface area contributed by atoms with E-state index in [0.29, 0.717) is 11.4 Å². The van der Waals surface area contributed by atoms with Gasteiger partial charge in [0.15, 0.2) is 11.4 Å². The molecule has 0 N–H and O–H groups in total. The van der Waals surface area contributed by atoms with Crippen LogP contribution in [0.25, 0.3) is 20.9 Å². The molecule has 7 heteroatoms. The molecule has 0 unspecified atom stereocenters. The monoisotopic (exact) mass is 252 g/mol. The molecule has 0 amide bonds. The summed E-state index contributed by atoms with van der Waals surface area (Å²) in [4.78, 5) is 5.62. The van der Waals surface area contributed by atoms with Crippen molar-refractivity contribution >= 4 is 11.4 Å². The molecule has 0 atom stereocenters. The maximum absolute atomic E-state index is 8.81. The van der Waals surface area contributed by atoms with E-state index in [0.717, 1.165) is 0 Å². The predicted molar refractivity (Wildman–Crippen MR) is 72.6 cm³/mol. The van der Waals surface area contributed by atoms with Gasteiger partial charge in [-0.15, -0.1) is 0 Å². The Kier molecular flexibility index (Phi) is 3.66.